The second kappa shape index (κ2) is 9.58. The molecule has 0 saturated heterocycles. The number of hydrogen-bond donors (Lipinski definition) is 5. The number of nitrogens with two attached hydrogens (primary N) is 1. The van der Waals surface area contributed by atoms with E-state index >= 15 is 0 Å². The first-order chi connectivity index (χ1) is 18.8. The zero-order valence-corrected chi connectivity index (χ0v) is 22.8. The quantitative estimate of drug-likeness (QED) is 0.351. The Bertz CT molecular complexity index is 1510. The lowest BCUT2D eigenvalue weighted by molar-refractivity contribution is -0.148. The highest BCUT2D eigenvalue weighted by molar-refractivity contribution is 6.24. The summed E-state index contributed by atoms with van der Waals surface area (Å²) in [6, 6.07) is 10.0. The molecule has 0 unspecified atom stereocenters. The number of Topliss-reactive ketones (excluding diaryl/α,β-unsaturated/α-hetero) is 2. The summed E-state index contributed by atoms with van der Waals surface area (Å²) in [4.78, 5) is 43.0. The van der Waals surface area contributed by atoms with Crippen molar-refractivity contribution >= 4 is 17.5 Å². The van der Waals surface area contributed by atoms with E-state index < -0.39 is 58.0 Å². The third kappa shape index (κ3) is 3.94. The first-order valence-electron chi connectivity index (χ1n) is 13.0. The van der Waals surface area contributed by atoms with Crippen LogP contribution in [0.5, 0.6) is 5.75 Å². The van der Waals surface area contributed by atoms with Gasteiger partial charge in [-0.05, 0) is 75.3 Å². The van der Waals surface area contributed by atoms with E-state index in [1.165, 1.54) is 11.0 Å². The Morgan fingerprint density at radius 3 is 2.25 bits per heavy atom. The highest BCUT2D eigenvalue weighted by Crippen LogP contribution is 2.53. The lowest BCUT2D eigenvalue weighted by Gasteiger charge is -2.50. The number of carbonyl (C=O) groups is 3. The van der Waals surface area contributed by atoms with Gasteiger partial charge in [0.1, 0.15) is 22.8 Å². The highest BCUT2D eigenvalue weighted by atomic mass is 16.3. The number of hydrogen-bond acceptors (Lipinski definition) is 9. The minimum absolute atomic E-state index is 0.00403. The van der Waals surface area contributed by atoms with Crippen molar-refractivity contribution in [1.82, 2.24) is 9.80 Å². The number of aromatic hydroxyl groups is 1. The molecule has 0 heterocycles. The summed E-state index contributed by atoms with van der Waals surface area (Å²) >= 11 is 0. The number of aliphatic hydroxyl groups is 3. The third-order valence-electron chi connectivity index (χ3n) is 8.37. The molecule has 2 aromatic rings. The first-order valence-corrected chi connectivity index (χ1v) is 13.0. The molecule has 40 heavy (non-hydrogen) atoms. The van der Waals surface area contributed by atoms with E-state index in [0.29, 0.717) is 5.56 Å². The molecule has 3 aliphatic rings. The Labute approximate surface area is 231 Å². The van der Waals surface area contributed by atoms with Crippen LogP contribution in [-0.2, 0) is 22.6 Å². The van der Waals surface area contributed by atoms with Crippen LogP contribution in [-0.4, -0.2) is 87.5 Å². The normalized spacial score (nSPS) is 26.2. The molecule has 4 atom stereocenters. The average molecular weight is 548 g/mol. The van der Waals surface area contributed by atoms with Gasteiger partial charge in [-0.1, -0.05) is 30.3 Å². The molecule has 1 amide bonds. The van der Waals surface area contributed by atoms with Gasteiger partial charge in [0, 0.05) is 18.0 Å². The van der Waals surface area contributed by atoms with E-state index in [4.69, 9.17) is 5.73 Å². The van der Waals surface area contributed by atoms with Gasteiger partial charge in [0.15, 0.2) is 11.4 Å². The van der Waals surface area contributed by atoms with Gasteiger partial charge >= 0.3 is 0 Å². The van der Waals surface area contributed by atoms with Crippen LogP contribution < -0.4 is 5.73 Å². The number of benzene rings is 2. The van der Waals surface area contributed by atoms with Crippen LogP contribution in [0.2, 0.25) is 0 Å². The van der Waals surface area contributed by atoms with Crippen LogP contribution in [0.4, 0.5) is 0 Å². The molecular weight excluding hydrogens is 514 g/mol. The van der Waals surface area contributed by atoms with Crippen molar-refractivity contribution in [3.63, 3.8) is 0 Å². The number of aliphatic hydroxyl groups excluding tert-OH is 2. The van der Waals surface area contributed by atoms with Crippen LogP contribution in [0.15, 0.2) is 59.1 Å². The summed E-state index contributed by atoms with van der Waals surface area (Å²) in [6.45, 7) is 0.761. The topological polar surface area (TPSA) is 165 Å². The Hall–Kier alpha value is -3.99. The Kier molecular flexibility index (Phi) is 6.60. The Balaban J connectivity index is 1.66. The molecule has 10 nitrogen and oxygen atoms in total. The van der Waals surface area contributed by atoms with Crippen molar-refractivity contribution in [2.45, 2.75) is 31.0 Å². The summed E-state index contributed by atoms with van der Waals surface area (Å²) in [7, 11) is 7.16. The fraction of sp³-hybridized carbons (Fsp3) is 0.367. The standard InChI is InChI=1S/C30H33N3O7/c1-32(2)13-14-5-7-15(8-6-14)17-9-10-20(34)22-18(17)11-16-12-19-24(33(3)4)26(36)23(29(31)39)28(38)30(19,40)27(37)21(16)25(22)35/h5-10,16,19,24,34,36-37,40H,11-13H2,1-4H3,(H2,31,39)/t16-,19-,24-,30-/m0/s1. The number of fused-ring (bicyclic) bond motifs is 3. The van der Waals surface area contributed by atoms with Crippen molar-refractivity contribution in [3.8, 4) is 16.9 Å². The van der Waals surface area contributed by atoms with E-state index in [1.807, 2.05) is 38.4 Å². The molecule has 210 valence electrons. The van der Waals surface area contributed by atoms with Gasteiger partial charge < -0.3 is 31.1 Å². The van der Waals surface area contributed by atoms with Crippen molar-refractivity contribution in [2.75, 3.05) is 28.2 Å². The predicted octanol–water partition coefficient (Wildman–Crippen LogP) is 1.85. The minimum Gasteiger partial charge on any atom is -0.510 e. The van der Waals surface area contributed by atoms with E-state index in [0.717, 1.165) is 23.2 Å². The number of carbonyl (C=O) groups excluding carboxylic acids is 3. The molecule has 0 aromatic heterocycles. The van der Waals surface area contributed by atoms with Gasteiger partial charge in [-0.3, -0.25) is 19.3 Å². The summed E-state index contributed by atoms with van der Waals surface area (Å²) in [5.41, 5.74) is 5.03. The first kappa shape index (κ1) is 27.6. The third-order valence-corrected chi connectivity index (χ3v) is 8.37. The molecule has 0 fully saturated rings. The lowest BCUT2D eigenvalue weighted by atomic mass is 9.58. The monoisotopic (exact) mass is 547 g/mol. The second-order valence-corrected chi connectivity index (χ2v) is 11.4. The molecule has 0 saturated carbocycles. The van der Waals surface area contributed by atoms with Crippen molar-refractivity contribution in [2.24, 2.45) is 17.6 Å². The number of nitrogens with zero attached hydrogens (tertiary/aromatic N) is 2. The number of primary amides is 1. The van der Waals surface area contributed by atoms with Crippen molar-refractivity contribution < 1.29 is 34.8 Å². The molecule has 0 radical (unpaired) electrons. The number of rotatable bonds is 5. The summed E-state index contributed by atoms with van der Waals surface area (Å²) in [5.74, 6) is -6.63. The molecule has 0 aliphatic heterocycles. The van der Waals surface area contributed by atoms with Gasteiger partial charge in [-0.15, -0.1) is 0 Å². The van der Waals surface area contributed by atoms with Gasteiger partial charge in [0.2, 0.25) is 5.78 Å². The van der Waals surface area contributed by atoms with Crippen LogP contribution in [0.1, 0.15) is 27.9 Å². The van der Waals surface area contributed by atoms with Crippen LogP contribution in [0.25, 0.3) is 11.1 Å². The van der Waals surface area contributed by atoms with E-state index in [-0.39, 0.29) is 29.7 Å². The van der Waals surface area contributed by atoms with Gasteiger partial charge in [0.25, 0.3) is 5.91 Å². The molecule has 0 bridgehead atoms. The number of likely N-dealkylation sites (N-methyl/N-ethyl adjacent to an activating group) is 1. The molecular formula is C30H33N3O7. The average Bonchev–Trinajstić information content (AvgIpc) is 2.86. The fourth-order valence-corrected chi connectivity index (χ4v) is 6.68. The van der Waals surface area contributed by atoms with Gasteiger partial charge in [-0.2, -0.15) is 0 Å². The van der Waals surface area contributed by atoms with Crippen LogP contribution >= 0.6 is 0 Å². The number of amides is 1. The zero-order valence-electron chi connectivity index (χ0n) is 22.8. The van der Waals surface area contributed by atoms with Gasteiger partial charge in [0.05, 0.1) is 11.6 Å². The second-order valence-electron chi connectivity index (χ2n) is 11.4. The van der Waals surface area contributed by atoms with Crippen molar-refractivity contribution in [1.29, 1.82) is 0 Å². The van der Waals surface area contributed by atoms with Crippen LogP contribution in [0.3, 0.4) is 0 Å². The smallest absolute Gasteiger partial charge is 0.255 e. The zero-order chi connectivity index (χ0) is 29.3. The highest BCUT2D eigenvalue weighted by Gasteiger charge is 2.63. The molecule has 2 aromatic carbocycles. The fourth-order valence-electron chi connectivity index (χ4n) is 6.68. The van der Waals surface area contributed by atoms with E-state index in [1.54, 1.807) is 20.2 Å². The number of phenols is 1. The van der Waals surface area contributed by atoms with E-state index in [2.05, 4.69) is 4.90 Å². The summed E-state index contributed by atoms with van der Waals surface area (Å²) in [6.07, 6.45) is 0.278. The minimum atomic E-state index is -2.65. The number of phenolic OH excluding ortho intramolecular Hbond substituents is 1. The van der Waals surface area contributed by atoms with Gasteiger partial charge in [-0.25, -0.2) is 0 Å². The number of ketones is 2. The maximum atomic E-state index is 13.9. The van der Waals surface area contributed by atoms with Crippen LogP contribution in [0, 0.1) is 11.8 Å². The molecule has 6 N–H and O–H groups in total. The summed E-state index contributed by atoms with van der Waals surface area (Å²) < 4.78 is 0. The molecule has 10 heteroatoms. The summed E-state index contributed by atoms with van der Waals surface area (Å²) in [5, 5.41) is 44.8. The molecule has 3 aliphatic carbocycles. The molecule has 0 spiro atoms. The molecule has 5 rings (SSSR count). The Morgan fingerprint density at radius 1 is 1.02 bits per heavy atom. The van der Waals surface area contributed by atoms with E-state index in [9.17, 15) is 34.8 Å². The Morgan fingerprint density at radius 2 is 1.68 bits per heavy atom. The lowest BCUT2D eigenvalue weighted by Crippen LogP contribution is -2.63. The number of allylic oxidation sites excluding steroid dienone is 1. The SMILES string of the molecule is CN(C)Cc1ccc(-c2ccc(O)c3c2C[C@H]2C[C@H]4[C@H](N(C)C)C(O)=C(C(N)=O)C(=O)[C@@]4(O)C(O)=C2C3=O)cc1. The largest absolute Gasteiger partial charge is 0.510 e. The maximum Gasteiger partial charge on any atom is 0.255 e. The van der Waals surface area contributed by atoms with Crippen molar-refractivity contribution in [3.05, 3.63) is 75.8 Å². The predicted molar refractivity (Wildman–Crippen MR) is 147 cm³/mol. The maximum absolute atomic E-state index is 13.9.